The second-order valence-corrected chi connectivity index (χ2v) is 6.28. The Hall–Kier alpha value is -2.77. The molecule has 3 rings (SSSR count). The van der Waals surface area contributed by atoms with E-state index >= 15 is 0 Å². The third-order valence-electron chi connectivity index (χ3n) is 3.09. The molecule has 126 valence electrons. The molecule has 0 aliphatic heterocycles. The Morgan fingerprint density at radius 1 is 1.04 bits per heavy atom. The Kier molecular flexibility index (Phi) is 5.37. The van der Waals surface area contributed by atoms with Crippen LogP contribution in [0.15, 0.2) is 48.5 Å². The van der Waals surface area contributed by atoms with Crippen molar-refractivity contribution in [3.05, 3.63) is 69.9 Å². The molecule has 0 unspecified atom stereocenters. The lowest BCUT2D eigenvalue weighted by atomic mass is 10.2. The highest BCUT2D eigenvalue weighted by molar-refractivity contribution is 7.16. The molecule has 0 saturated heterocycles. The number of hydrogen-bond acceptors (Lipinski definition) is 4. The van der Waals surface area contributed by atoms with E-state index in [4.69, 9.17) is 11.6 Å². The van der Waals surface area contributed by atoms with Gasteiger partial charge in [0.1, 0.15) is 10.8 Å². The van der Waals surface area contributed by atoms with Crippen LogP contribution in [-0.4, -0.2) is 16.2 Å². The molecule has 5 nitrogen and oxygen atoms in total. The van der Waals surface area contributed by atoms with Gasteiger partial charge >= 0.3 is 6.03 Å². The lowest BCUT2D eigenvalue weighted by molar-refractivity contribution is 0.262. The number of nitrogens with zero attached hydrogens (tertiary/aromatic N) is 2. The summed E-state index contributed by atoms with van der Waals surface area (Å²) in [6.07, 6.45) is 3.56. The number of hydrogen-bond donors (Lipinski definition) is 2. The fraction of sp³-hybridized carbons (Fsp3) is 0. The number of rotatable bonds is 4. The largest absolute Gasteiger partial charge is 0.325 e. The number of carbonyl (C=O) groups excluding carboxylic acids is 1. The second kappa shape index (κ2) is 7.87. The van der Waals surface area contributed by atoms with Crippen LogP contribution < -0.4 is 10.6 Å². The van der Waals surface area contributed by atoms with E-state index in [2.05, 4.69) is 20.8 Å². The number of halogens is 2. The van der Waals surface area contributed by atoms with Crippen molar-refractivity contribution in [1.82, 2.24) is 10.2 Å². The van der Waals surface area contributed by atoms with Crippen molar-refractivity contribution in [1.29, 1.82) is 0 Å². The summed E-state index contributed by atoms with van der Waals surface area (Å²) in [5.41, 5.74) is 0.939. The van der Waals surface area contributed by atoms with Crippen molar-refractivity contribution in [2.75, 3.05) is 10.6 Å². The quantitative estimate of drug-likeness (QED) is 0.664. The standard InChI is InChI=1S/C17H12ClFN4OS/c18-12-6-2-1-5-11(12)9-10-15-22-23-17(25-15)21-16(24)20-14-8-4-3-7-13(14)19/h1-10H,(H2,20,21,23,24)/b10-9+. The molecule has 1 heterocycles. The molecule has 8 heteroatoms. The van der Waals surface area contributed by atoms with Crippen molar-refractivity contribution < 1.29 is 9.18 Å². The summed E-state index contributed by atoms with van der Waals surface area (Å²) in [6, 6.07) is 12.7. The van der Waals surface area contributed by atoms with Gasteiger partial charge in [-0.05, 0) is 29.8 Å². The van der Waals surface area contributed by atoms with Crippen molar-refractivity contribution in [2.45, 2.75) is 0 Å². The molecule has 2 aromatic carbocycles. The van der Waals surface area contributed by atoms with E-state index in [1.54, 1.807) is 24.3 Å². The number of aromatic nitrogens is 2. The maximum atomic E-state index is 13.5. The first-order valence-electron chi connectivity index (χ1n) is 7.20. The lowest BCUT2D eigenvalue weighted by Crippen LogP contribution is -2.19. The Morgan fingerprint density at radius 2 is 1.80 bits per heavy atom. The minimum absolute atomic E-state index is 0.0864. The van der Waals surface area contributed by atoms with Gasteiger partial charge in [-0.2, -0.15) is 0 Å². The molecule has 0 spiro atoms. The maximum Gasteiger partial charge on any atom is 0.325 e. The third kappa shape index (κ3) is 4.62. The van der Waals surface area contributed by atoms with Gasteiger partial charge in [0.2, 0.25) is 5.13 Å². The Labute approximate surface area is 152 Å². The van der Waals surface area contributed by atoms with E-state index in [0.29, 0.717) is 15.2 Å². The molecule has 1 aromatic heterocycles. The normalized spacial score (nSPS) is 10.8. The smallest absolute Gasteiger partial charge is 0.305 e. The highest BCUT2D eigenvalue weighted by atomic mass is 35.5. The van der Waals surface area contributed by atoms with Crippen LogP contribution in [0.3, 0.4) is 0 Å². The van der Waals surface area contributed by atoms with Crippen molar-refractivity contribution >= 4 is 51.9 Å². The zero-order valence-corrected chi connectivity index (χ0v) is 14.3. The van der Waals surface area contributed by atoms with E-state index < -0.39 is 11.8 Å². The van der Waals surface area contributed by atoms with Crippen molar-refractivity contribution in [2.24, 2.45) is 0 Å². The number of anilines is 2. The average Bonchev–Trinajstić information content (AvgIpc) is 3.03. The van der Waals surface area contributed by atoms with E-state index in [1.165, 1.54) is 23.5 Å². The molecule has 0 fully saturated rings. The highest BCUT2D eigenvalue weighted by Gasteiger charge is 2.09. The molecular weight excluding hydrogens is 363 g/mol. The molecule has 0 atom stereocenters. The van der Waals surface area contributed by atoms with Gasteiger partial charge < -0.3 is 5.32 Å². The van der Waals surface area contributed by atoms with Gasteiger partial charge in [0.25, 0.3) is 0 Å². The fourth-order valence-electron chi connectivity index (χ4n) is 1.94. The van der Waals surface area contributed by atoms with Gasteiger partial charge in [0.15, 0.2) is 0 Å². The predicted molar refractivity (Wildman–Crippen MR) is 99.3 cm³/mol. The lowest BCUT2D eigenvalue weighted by Gasteiger charge is -2.05. The predicted octanol–water partition coefficient (Wildman–Crippen LogP) is 5.15. The summed E-state index contributed by atoms with van der Waals surface area (Å²) in [7, 11) is 0. The van der Waals surface area contributed by atoms with Gasteiger partial charge in [-0.1, -0.05) is 59.3 Å². The van der Waals surface area contributed by atoms with Crippen LogP contribution in [0, 0.1) is 5.82 Å². The fourth-order valence-corrected chi connectivity index (χ4v) is 2.78. The molecule has 0 bridgehead atoms. The van der Waals surface area contributed by atoms with Crippen LogP contribution in [0.5, 0.6) is 0 Å². The van der Waals surface area contributed by atoms with Gasteiger partial charge in [-0.15, -0.1) is 10.2 Å². The third-order valence-corrected chi connectivity index (χ3v) is 4.24. The van der Waals surface area contributed by atoms with Gasteiger partial charge in [0.05, 0.1) is 5.69 Å². The zero-order chi connectivity index (χ0) is 17.6. The molecule has 2 N–H and O–H groups in total. The van der Waals surface area contributed by atoms with Crippen LogP contribution in [0.4, 0.5) is 20.0 Å². The number of urea groups is 1. The first kappa shape index (κ1) is 17.1. The Morgan fingerprint density at radius 3 is 2.60 bits per heavy atom. The van der Waals surface area contributed by atoms with Gasteiger partial charge in [-0.3, -0.25) is 5.32 Å². The number of carbonyl (C=O) groups is 1. The monoisotopic (exact) mass is 374 g/mol. The van der Waals surface area contributed by atoms with Crippen LogP contribution in [0.2, 0.25) is 5.02 Å². The number of amides is 2. The maximum absolute atomic E-state index is 13.5. The zero-order valence-electron chi connectivity index (χ0n) is 12.7. The van der Waals surface area contributed by atoms with Gasteiger partial charge in [0, 0.05) is 5.02 Å². The summed E-state index contributed by atoms with van der Waals surface area (Å²) < 4.78 is 13.5. The first-order chi connectivity index (χ1) is 12.1. The molecule has 0 saturated carbocycles. The first-order valence-corrected chi connectivity index (χ1v) is 8.40. The molecule has 0 radical (unpaired) electrons. The molecule has 2 amide bonds. The minimum atomic E-state index is -0.595. The number of nitrogens with one attached hydrogen (secondary N) is 2. The van der Waals surface area contributed by atoms with E-state index in [9.17, 15) is 9.18 Å². The van der Waals surface area contributed by atoms with Crippen LogP contribution in [0.25, 0.3) is 12.2 Å². The summed E-state index contributed by atoms with van der Waals surface area (Å²) >= 11 is 7.26. The van der Waals surface area contributed by atoms with Crippen molar-refractivity contribution in [3.8, 4) is 0 Å². The van der Waals surface area contributed by atoms with Crippen molar-refractivity contribution in [3.63, 3.8) is 0 Å². The van der Waals surface area contributed by atoms with Gasteiger partial charge in [-0.25, -0.2) is 9.18 Å². The Bertz CT molecular complexity index is 928. The summed E-state index contributed by atoms with van der Waals surface area (Å²) in [6.45, 7) is 0. The van der Waals surface area contributed by atoms with Crippen LogP contribution in [0.1, 0.15) is 10.6 Å². The average molecular weight is 375 g/mol. The SMILES string of the molecule is O=C(Nc1nnc(/C=C/c2ccccc2Cl)s1)Nc1ccccc1F. The molecule has 25 heavy (non-hydrogen) atoms. The topological polar surface area (TPSA) is 66.9 Å². The minimum Gasteiger partial charge on any atom is -0.305 e. The summed E-state index contributed by atoms with van der Waals surface area (Å²) in [4.78, 5) is 11.9. The van der Waals surface area contributed by atoms with E-state index in [1.807, 2.05) is 24.3 Å². The molecule has 3 aromatic rings. The van der Waals surface area contributed by atoms with E-state index in [-0.39, 0.29) is 5.69 Å². The van der Waals surface area contributed by atoms with Crippen LogP contribution >= 0.6 is 22.9 Å². The number of benzene rings is 2. The number of para-hydroxylation sites is 1. The highest BCUT2D eigenvalue weighted by Crippen LogP contribution is 2.21. The van der Waals surface area contributed by atoms with Crippen LogP contribution in [-0.2, 0) is 0 Å². The van der Waals surface area contributed by atoms with E-state index in [0.717, 1.165) is 5.56 Å². The summed E-state index contributed by atoms with van der Waals surface area (Å²) in [5.74, 6) is -0.515. The molecule has 0 aliphatic rings. The molecule has 0 aliphatic carbocycles. The molecular formula is C17H12ClFN4OS. The second-order valence-electron chi connectivity index (χ2n) is 4.86. The Balaban J connectivity index is 1.63. The summed E-state index contributed by atoms with van der Waals surface area (Å²) in [5, 5.41) is 14.3.